The van der Waals surface area contributed by atoms with Gasteiger partial charge in [-0.25, -0.2) is 9.07 Å². The summed E-state index contributed by atoms with van der Waals surface area (Å²) in [7, 11) is 0. The van der Waals surface area contributed by atoms with E-state index in [1.807, 2.05) is 48.5 Å². The van der Waals surface area contributed by atoms with Gasteiger partial charge in [-0.1, -0.05) is 12.1 Å². The summed E-state index contributed by atoms with van der Waals surface area (Å²) < 4.78 is 17.9. The Labute approximate surface area is 233 Å². The molecule has 0 unspecified atom stereocenters. The molecule has 0 aliphatic carbocycles. The number of fused-ring (bicyclic) bond motifs is 1. The standard InChI is InChI=1S/C29H25FIN5O2/c1-18-4-5-19-15-26(37)35(28(19)27(18)30)22-10-13-34(14-11-22)29(38)24-16-25(20-3-2-12-32-17-20)36(33-24)23-8-6-21(31)7-9-23/h2-9,12,16-17,22H,10-11,13-15H2,1H3. The van der Waals surface area contributed by atoms with E-state index in [0.717, 1.165) is 26.1 Å². The summed E-state index contributed by atoms with van der Waals surface area (Å²) in [5.41, 5.74) is 4.53. The lowest BCUT2D eigenvalue weighted by Gasteiger charge is -2.37. The zero-order valence-corrected chi connectivity index (χ0v) is 22.9. The Morgan fingerprint density at radius 1 is 1.08 bits per heavy atom. The molecule has 4 aromatic rings. The first-order valence-corrected chi connectivity index (χ1v) is 13.6. The van der Waals surface area contributed by atoms with Gasteiger partial charge in [-0.2, -0.15) is 5.10 Å². The van der Waals surface area contributed by atoms with Crippen molar-refractivity contribution in [3.05, 3.63) is 93.2 Å². The maximum absolute atomic E-state index is 15.0. The van der Waals surface area contributed by atoms with Crippen molar-refractivity contribution in [2.45, 2.75) is 32.2 Å². The second kappa shape index (κ2) is 9.94. The molecule has 2 aliphatic rings. The number of hydrogen-bond acceptors (Lipinski definition) is 4. The highest BCUT2D eigenvalue weighted by Crippen LogP contribution is 2.37. The average molecular weight is 621 g/mol. The van der Waals surface area contributed by atoms with Crippen molar-refractivity contribution >= 4 is 40.1 Å². The molecule has 6 rings (SSSR count). The number of amides is 2. The highest BCUT2D eigenvalue weighted by molar-refractivity contribution is 14.1. The summed E-state index contributed by atoms with van der Waals surface area (Å²) in [6, 6.07) is 17.0. The summed E-state index contributed by atoms with van der Waals surface area (Å²) in [6.45, 7) is 2.65. The molecule has 192 valence electrons. The molecule has 2 aromatic carbocycles. The number of aryl methyl sites for hydroxylation is 1. The highest BCUT2D eigenvalue weighted by Gasteiger charge is 2.38. The van der Waals surface area contributed by atoms with Gasteiger partial charge in [0, 0.05) is 40.7 Å². The second-order valence-electron chi connectivity index (χ2n) is 9.71. The molecule has 0 atom stereocenters. The summed E-state index contributed by atoms with van der Waals surface area (Å²) in [5, 5.41) is 4.70. The minimum atomic E-state index is -0.323. The zero-order chi connectivity index (χ0) is 26.4. The Balaban J connectivity index is 1.24. The van der Waals surface area contributed by atoms with Crippen LogP contribution in [0.4, 0.5) is 10.1 Å². The van der Waals surface area contributed by atoms with E-state index in [1.54, 1.807) is 39.9 Å². The number of carbonyl (C=O) groups is 2. The van der Waals surface area contributed by atoms with Crippen LogP contribution in [-0.2, 0) is 11.2 Å². The highest BCUT2D eigenvalue weighted by atomic mass is 127. The number of rotatable bonds is 4. The van der Waals surface area contributed by atoms with Crippen molar-refractivity contribution in [3.63, 3.8) is 0 Å². The molecule has 0 radical (unpaired) electrons. The van der Waals surface area contributed by atoms with Crippen LogP contribution in [0.15, 0.2) is 67.0 Å². The molecule has 2 amide bonds. The van der Waals surface area contributed by atoms with Crippen LogP contribution in [0.1, 0.15) is 34.5 Å². The second-order valence-corrected chi connectivity index (χ2v) is 11.0. The molecular weight excluding hydrogens is 596 g/mol. The molecule has 0 spiro atoms. The third-order valence-electron chi connectivity index (χ3n) is 7.32. The van der Waals surface area contributed by atoms with Gasteiger partial charge >= 0.3 is 0 Å². The van der Waals surface area contributed by atoms with Gasteiger partial charge in [-0.05, 0) is 95.9 Å². The zero-order valence-electron chi connectivity index (χ0n) is 20.8. The van der Waals surface area contributed by atoms with Crippen LogP contribution >= 0.6 is 22.6 Å². The van der Waals surface area contributed by atoms with Gasteiger partial charge in [-0.3, -0.25) is 14.6 Å². The molecule has 4 heterocycles. The van der Waals surface area contributed by atoms with Crippen molar-refractivity contribution in [1.82, 2.24) is 19.7 Å². The van der Waals surface area contributed by atoms with Crippen molar-refractivity contribution in [3.8, 4) is 16.9 Å². The lowest BCUT2D eigenvalue weighted by Crippen LogP contribution is -2.48. The number of aromatic nitrogens is 3. The van der Waals surface area contributed by atoms with Gasteiger partial charge in [-0.15, -0.1) is 0 Å². The van der Waals surface area contributed by atoms with Crippen LogP contribution in [0.5, 0.6) is 0 Å². The van der Waals surface area contributed by atoms with Gasteiger partial charge in [0.05, 0.1) is 23.5 Å². The number of nitrogens with zero attached hydrogens (tertiary/aromatic N) is 5. The SMILES string of the molecule is Cc1ccc2c(c1F)N(C1CCN(C(=O)c3cc(-c4cccnc4)n(-c4ccc(I)cc4)n3)CC1)C(=O)C2. The number of likely N-dealkylation sites (tertiary alicyclic amines) is 1. The van der Waals surface area contributed by atoms with E-state index >= 15 is 0 Å². The van der Waals surface area contributed by atoms with Gasteiger partial charge in [0.1, 0.15) is 5.82 Å². The van der Waals surface area contributed by atoms with Gasteiger partial charge < -0.3 is 9.80 Å². The Kier molecular flexibility index (Phi) is 6.46. The molecule has 9 heteroatoms. The lowest BCUT2D eigenvalue weighted by atomic mass is 10.0. The van der Waals surface area contributed by atoms with Gasteiger partial charge in [0.25, 0.3) is 5.91 Å². The Hall–Kier alpha value is -3.60. The van der Waals surface area contributed by atoms with E-state index in [9.17, 15) is 14.0 Å². The van der Waals surface area contributed by atoms with Crippen molar-refractivity contribution in [2.24, 2.45) is 0 Å². The fourth-order valence-electron chi connectivity index (χ4n) is 5.34. The van der Waals surface area contributed by atoms with E-state index in [4.69, 9.17) is 5.10 Å². The Morgan fingerprint density at radius 2 is 1.84 bits per heavy atom. The smallest absolute Gasteiger partial charge is 0.274 e. The maximum Gasteiger partial charge on any atom is 0.274 e. The Bertz CT molecular complexity index is 1530. The first kappa shape index (κ1) is 24.7. The normalized spacial score (nSPS) is 15.7. The molecule has 1 saturated heterocycles. The summed E-state index contributed by atoms with van der Waals surface area (Å²) in [5.74, 6) is -0.560. The van der Waals surface area contributed by atoms with Crippen LogP contribution in [0.25, 0.3) is 16.9 Å². The number of halogens is 2. The van der Waals surface area contributed by atoms with Crippen LogP contribution < -0.4 is 4.90 Å². The van der Waals surface area contributed by atoms with Gasteiger partial charge in [0.15, 0.2) is 5.69 Å². The van der Waals surface area contributed by atoms with Crippen LogP contribution in [0.3, 0.4) is 0 Å². The first-order valence-electron chi connectivity index (χ1n) is 12.6. The number of piperidine rings is 1. The number of benzene rings is 2. The lowest BCUT2D eigenvalue weighted by molar-refractivity contribution is -0.118. The summed E-state index contributed by atoms with van der Waals surface area (Å²) >= 11 is 2.26. The number of pyridine rings is 1. The van der Waals surface area contributed by atoms with Crippen molar-refractivity contribution < 1.29 is 14.0 Å². The van der Waals surface area contributed by atoms with Gasteiger partial charge in [0.2, 0.25) is 5.91 Å². The molecule has 2 aromatic heterocycles. The third-order valence-corrected chi connectivity index (χ3v) is 8.04. The van der Waals surface area contributed by atoms with E-state index in [1.165, 1.54) is 0 Å². The number of hydrogen-bond donors (Lipinski definition) is 0. The predicted octanol–water partition coefficient (Wildman–Crippen LogP) is 5.18. The molecule has 1 fully saturated rings. The fourth-order valence-corrected chi connectivity index (χ4v) is 5.70. The summed E-state index contributed by atoms with van der Waals surface area (Å²) in [6.07, 6.45) is 4.85. The van der Waals surface area contributed by atoms with E-state index in [-0.39, 0.29) is 30.1 Å². The minimum absolute atomic E-state index is 0.0772. The molecule has 38 heavy (non-hydrogen) atoms. The van der Waals surface area contributed by atoms with Crippen LogP contribution in [-0.4, -0.2) is 50.6 Å². The molecular formula is C29H25FIN5O2. The molecule has 0 saturated carbocycles. The van der Waals surface area contributed by atoms with Crippen molar-refractivity contribution in [2.75, 3.05) is 18.0 Å². The molecule has 0 N–H and O–H groups in total. The third kappa shape index (κ3) is 4.38. The Morgan fingerprint density at radius 3 is 2.55 bits per heavy atom. The minimum Gasteiger partial charge on any atom is -0.337 e. The van der Waals surface area contributed by atoms with Crippen LogP contribution in [0, 0.1) is 16.3 Å². The van der Waals surface area contributed by atoms with Crippen molar-refractivity contribution in [1.29, 1.82) is 0 Å². The summed E-state index contributed by atoms with van der Waals surface area (Å²) in [4.78, 5) is 34.0. The number of anilines is 1. The predicted molar refractivity (Wildman–Crippen MR) is 151 cm³/mol. The van der Waals surface area contributed by atoms with E-state index in [0.29, 0.717) is 42.9 Å². The maximum atomic E-state index is 15.0. The molecule has 7 nitrogen and oxygen atoms in total. The van der Waals surface area contributed by atoms with E-state index in [2.05, 4.69) is 27.6 Å². The molecule has 2 aliphatic heterocycles. The quantitative estimate of drug-likeness (QED) is 0.295. The first-order chi connectivity index (χ1) is 18.4. The molecule has 0 bridgehead atoms. The monoisotopic (exact) mass is 621 g/mol. The number of carbonyl (C=O) groups excluding carboxylic acids is 2. The largest absolute Gasteiger partial charge is 0.337 e. The topological polar surface area (TPSA) is 71.3 Å². The van der Waals surface area contributed by atoms with Crippen LogP contribution in [0.2, 0.25) is 0 Å². The fraction of sp³-hybridized carbons (Fsp3) is 0.241. The van der Waals surface area contributed by atoms with E-state index < -0.39 is 0 Å². The average Bonchev–Trinajstić information content (AvgIpc) is 3.53.